The highest BCUT2D eigenvalue weighted by molar-refractivity contribution is 6.01. The Labute approximate surface area is 175 Å². The Kier molecular flexibility index (Phi) is 5.18. The number of anilines is 1. The Balaban J connectivity index is 1.74. The summed E-state index contributed by atoms with van der Waals surface area (Å²) >= 11 is 0. The number of benzene rings is 2. The van der Waals surface area contributed by atoms with Crippen molar-refractivity contribution in [2.24, 2.45) is 12.8 Å². The van der Waals surface area contributed by atoms with Gasteiger partial charge in [-0.05, 0) is 41.5 Å². The highest BCUT2D eigenvalue weighted by atomic mass is 16.1. The molecule has 5 nitrogen and oxygen atoms in total. The van der Waals surface area contributed by atoms with Gasteiger partial charge in [0.25, 0.3) is 0 Å². The van der Waals surface area contributed by atoms with E-state index in [1.54, 1.807) is 18.3 Å². The van der Waals surface area contributed by atoms with Crippen LogP contribution >= 0.6 is 0 Å². The molecule has 0 saturated carbocycles. The normalized spacial score (nSPS) is 11.1. The number of aromatic nitrogens is 2. The third kappa shape index (κ3) is 3.73. The Morgan fingerprint density at radius 3 is 2.43 bits per heavy atom. The van der Waals surface area contributed by atoms with E-state index in [-0.39, 0.29) is 0 Å². The molecule has 2 aromatic heterocycles. The monoisotopic (exact) mass is 394 g/mol. The minimum Gasteiger partial charge on any atom is -0.385 e. The molecule has 4 N–H and O–H groups in total. The lowest BCUT2D eigenvalue weighted by atomic mass is 10.00. The quantitative estimate of drug-likeness (QED) is 0.518. The number of carbonyl (C=O) groups is 1. The summed E-state index contributed by atoms with van der Waals surface area (Å²) < 4.78 is 1.91. The van der Waals surface area contributed by atoms with E-state index in [1.165, 1.54) is 0 Å². The first kappa shape index (κ1) is 19.2. The Bertz CT molecular complexity index is 1240. The number of carbonyl (C=O) groups excluding carboxylic acids is 1. The maximum absolute atomic E-state index is 11.9. The number of nitrogens with zero attached hydrogens (tertiary/aromatic N) is 2. The summed E-state index contributed by atoms with van der Waals surface area (Å²) in [6.45, 7) is 0. The molecule has 0 spiro atoms. The number of hydrogen-bond donors (Lipinski definition) is 2. The van der Waals surface area contributed by atoms with Gasteiger partial charge < -0.3 is 16.0 Å². The first-order chi connectivity index (χ1) is 14.5. The van der Waals surface area contributed by atoms with Crippen LogP contribution in [0.15, 0.2) is 79.0 Å². The Morgan fingerprint density at radius 2 is 1.67 bits per heavy atom. The molecule has 4 aromatic rings. The molecule has 2 aromatic carbocycles. The largest absolute Gasteiger partial charge is 0.385 e. The van der Waals surface area contributed by atoms with Gasteiger partial charge in [0.15, 0.2) is 0 Å². The van der Waals surface area contributed by atoms with E-state index in [0.717, 1.165) is 33.6 Å². The van der Waals surface area contributed by atoms with Crippen LogP contribution in [0.1, 0.15) is 21.6 Å². The number of nitrogens with two attached hydrogens (primary N) is 2. The van der Waals surface area contributed by atoms with Crippen LogP contribution in [0, 0.1) is 0 Å². The zero-order valence-corrected chi connectivity index (χ0v) is 16.6. The molecule has 0 unspecified atom stereocenters. The minimum atomic E-state index is -0.479. The molecule has 2 heterocycles. The third-order valence-corrected chi connectivity index (χ3v) is 5.09. The number of rotatable bonds is 5. The molecule has 0 radical (unpaired) electrons. The molecule has 0 saturated heterocycles. The smallest absolute Gasteiger partial charge is 0.249 e. The number of primary amides is 1. The van der Waals surface area contributed by atoms with Crippen LogP contribution < -0.4 is 11.5 Å². The molecule has 5 heteroatoms. The van der Waals surface area contributed by atoms with Gasteiger partial charge in [0.1, 0.15) is 5.82 Å². The standard InChI is InChI=1S/C25H22N4O/c1-29-23(16-22(24(29)26)20-9-5-6-10-21(20)25(27)30)18-13-14-28-19(15-18)12-11-17-7-3-2-4-8-17/h2-16H,26H2,1H3,(H2,27,30)/b12-11+. The fourth-order valence-corrected chi connectivity index (χ4v) is 3.49. The number of nitrogen functional groups attached to an aromatic ring is 1. The van der Waals surface area contributed by atoms with Gasteiger partial charge in [0.05, 0.1) is 11.4 Å². The molecule has 0 atom stereocenters. The van der Waals surface area contributed by atoms with E-state index in [4.69, 9.17) is 11.5 Å². The van der Waals surface area contributed by atoms with Crippen LogP contribution in [-0.2, 0) is 7.05 Å². The van der Waals surface area contributed by atoms with E-state index in [1.807, 2.05) is 84.4 Å². The van der Waals surface area contributed by atoms with Crippen LogP contribution in [0.4, 0.5) is 5.82 Å². The van der Waals surface area contributed by atoms with Crippen molar-refractivity contribution in [3.8, 4) is 22.4 Å². The van der Waals surface area contributed by atoms with Crippen molar-refractivity contribution in [1.29, 1.82) is 0 Å². The van der Waals surface area contributed by atoms with Gasteiger partial charge in [0.2, 0.25) is 5.91 Å². The number of hydrogen-bond acceptors (Lipinski definition) is 3. The highest BCUT2D eigenvalue weighted by Crippen LogP contribution is 2.35. The fourth-order valence-electron chi connectivity index (χ4n) is 3.49. The molecule has 0 aliphatic carbocycles. The maximum Gasteiger partial charge on any atom is 0.249 e. The van der Waals surface area contributed by atoms with Crippen molar-refractivity contribution in [2.45, 2.75) is 0 Å². The topological polar surface area (TPSA) is 86.9 Å². The van der Waals surface area contributed by atoms with E-state index in [9.17, 15) is 4.79 Å². The van der Waals surface area contributed by atoms with Crippen molar-refractivity contribution >= 4 is 23.9 Å². The first-order valence-corrected chi connectivity index (χ1v) is 9.58. The first-order valence-electron chi connectivity index (χ1n) is 9.58. The van der Waals surface area contributed by atoms with Gasteiger partial charge >= 0.3 is 0 Å². The van der Waals surface area contributed by atoms with Crippen LogP contribution in [0.2, 0.25) is 0 Å². The second-order valence-electron chi connectivity index (χ2n) is 7.01. The number of pyridine rings is 1. The summed E-state index contributed by atoms with van der Waals surface area (Å²) in [7, 11) is 1.90. The Hall–Kier alpha value is -4.12. The second-order valence-corrected chi connectivity index (χ2v) is 7.01. The minimum absolute atomic E-state index is 0.447. The molecular formula is C25H22N4O. The van der Waals surface area contributed by atoms with Gasteiger partial charge in [-0.25, -0.2) is 0 Å². The molecule has 1 amide bonds. The highest BCUT2D eigenvalue weighted by Gasteiger charge is 2.17. The van der Waals surface area contributed by atoms with Crippen LogP contribution in [0.3, 0.4) is 0 Å². The predicted molar refractivity (Wildman–Crippen MR) is 122 cm³/mol. The average Bonchev–Trinajstić information content (AvgIpc) is 3.08. The zero-order chi connectivity index (χ0) is 21.1. The van der Waals surface area contributed by atoms with Gasteiger partial charge in [-0.3, -0.25) is 9.78 Å². The van der Waals surface area contributed by atoms with Gasteiger partial charge in [-0.1, -0.05) is 54.6 Å². The van der Waals surface area contributed by atoms with Gasteiger partial charge in [-0.2, -0.15) is 0 Å². The third-order valence-electron chi connectivity index (χ3n) is 5.09. The van der Waals surface area contributed by atoms with Crippen molar-refractivity contribution < 1.29 is 4.79 Å². The van der Waals surface area contributed by atoms with Crippen molar-refractivity contribution in [3.63, 3.8) is 0 Å². The zero-order valence-electron chi connectivity index (χ0n) is 16.6. The molecule has 0 aliphatic heterocycles. The molecule has 0 bridgehead atoms. The van der Waals surface area contributed by atoms with E-state index in [2.05, 4.69) is 4.98 Å². The summed E-state index contributed by atoms with van der Waals surface area (Å²) in [5.41, 5.74) is 17.8. The van der Waals surface area contributed by atoms with Crippen LogP contribution in [-0.4, -0.2) is 15.5 Å². The molecule has 4 rings (SSSR count). The van der Waals surface area contributed by atoms with Crippen molar-refractivity contribution in [1.82, 2.24) is 9.55 Å². The van der Waals surface area contributed by atoms with E-state index >= 15 is 0 Å². The average molecular weight is 394 g/mol. The molecule has 0 fully saturated rings. The summed E-state index contributed by atoms with van der Waals surface area (Å²) in [5, 5.41) is 0. The van der Waals surface area contributed by atoms with Crippen molar-refractivity contribution in [2.75, 3.05) is 5.73 Å². The number of amides is 1. The lowest BCUT2D eigenvalue weighted by molar-refractivity contribution is 0.100. The Morgan fingerprint density at radius 1 is 0.933 bits per heavy atom. The van der Waals surface area contributed by atoms with Gasteiger partial charge in [0, 0.05) is 29.9 Å². The molecular weight excluding hydrogens is 372 g/mol. The predicted octanol–water partition coefficient (Wildman–Crippen LogP) is 4.61. The summed E-state index contributed by atoms with van der Waals surface area (Å²) in [6, 6.07) is 23.2. The van der Waals surface area contributed by atoms with Crippen LogP contribution in [0.5, 0.6) is 0 Å². The lowest BCUT2D eigenvalue weighted by Crippen LogP contribution is -2.12. The molecule has 0 aliphatic rings. The SMILES string of the molecule is Cn1c(-c2ccnc(/C=C/c3ccccc3)c2)cc(-c2ccccc2C(N)=O)c1N. The van der Waals surface area contributed by atoms with Crippen molar-refractivity contribution in [3.05, 3.63) is 95.8 Å². The summed E-state index contributed by atoms with van der Waals surface area (Å²) in [6.07, 6.45) is 5.79. The fraction of sp³-hybridized carbons (Fsp3) is 0.0400. The summed E-state index contributed by atoms with van der Waals surface area (Å²) in [5.74, 6) is 0.0875. The lowest BCUT2D eigenvalue weighted by Gasteiger charge is -2.07. The second kappa shape index (κ2) is 8.09. The van der Waals surface area contributed by atoms with Gasteiger partial charge in [-0.15, -0.1) is 0 Å². The van der Waals surface area contributed by atoms with E-state index in [0.29, 0.717) is 11.4 Å². The molecule has 30 heavy (non-hydrogen) atoms. The van der Waals surface area contributed by atoms with E-state index < -0.39 is 5.91 Å². The maximum atomic E-state index is 11.9. The van der Waals surface area contributed by atoms with Crippen LogP contribution in [0.25, 0.3) is 34.5 Å². The molecule has 148 valence electrons. The summed E-state index contributed by atoms with van der Waals surface area (Å²) in [4.78, 5) is 16.3.